The lowest BCUT2D eigenvalue weighted by atomic mass is 10.1. The second-order valence-corrected chi connectivity index (χ2v) is 5.50. The first-order valence-electron chi connectivity index (χ1n) is 7.38. The topological polar surface area (TPSA) is 38.7 Å². The maximum atomic E-state index is 12.2. The molecule has 3 nitrogen and oxygen atoms in total. The summed E-state index contributed by atoms with van der Waals surface area (Å²) < 4.78 is 5.33. The molecule has 0 aromatic heterocycles. The van der Waals surface area contributed by atoms with Crippen molar-refractivity contribution in [1.82, 2.24) is 0 Å². The van der Waals surface area contributed by atoms with Crippen molar-refractivity contribution in [3.8, 4) is 5.75 Å². The van der Waals surface area contributed by atoms with Crippen molar-refractivity contribution in [1.29, 1.82) is 0 Å². The Hall–Kier alpha value is -2.91. The molecular weight excluding hydrogens is 322 g/mol. The first-order valence-corrected chi connectivity index (χ1v) is 7.75. The highest BCUT2D eigenvalue weighted by molar-refractivity contribution is 6.30. The Labute approximate surface area is 145 Å². The van der Waals surface area contributed by atoms with Gasteiger partial charge in [-0.05, 0) is 48.0 Å². The lowest BCUT2D eigenvalue weighted by Crippen LogP contribution is -2.08. The van der Waals surface area contributed by atoms with Crippen molar-refractivity contribution >= 4 is 29.5 Å². The van der Waals surface area contributed by atoms with Crippen molar-refractivity contribution in [2.24, 2.45) is 4.99 Å². The monoisotopic (exact) mass is 335 g/mol. The summed E-state index contributed by atoms with van der Waals surface area (Å²) in [7, 11) is 0. The maximum Gasteiger partial charge on any atom is 0.343 e. The van der Waals surface area contributed by atoms with Crippen LogP contribution in [0.4, 0.5) is 5.69 Å². The summed E-state index contributed by atoms with van der Waals surface area (Å²) in [6, 6.07) is 23.3. The van der Waals surface area contributed by atoms with E-state index in [0.29, 0.717) is 16.3 Å². The van der Waals surface area contributed by atoms with E-state index in [1.165, 1.54) is 0 Å². The number of esters is 1. The highest BCUT2D eigenvalue weighted by Crippen LogP contribution is 2.18. The van der Waals surface area contributed by atoms with Crippen LogP contribution in [0, 0.1) is 0 Å². The molecule has 4 heteroatoms. The van der Waals surface area contributed by atoms with Crippen LogP contribution >= 0.6 is 11.6 Å². The van der Waals surface area contributed by atoms with Crippen LogP contribution < -0.4 is 4.74 Å². The van der Waals surface area contributed by atoms with Crippen LogP contribution in [0.3, 0.4) is 0 Å². The van der Waals surface area contributed by atoms with Gasteiger partial charge in [0.2, 0.25) is 0 Å². The van der Waals surface area contributed by atoms with Gasteiger partial charge in [0.15, 0.2) is 0 Å². The number of hydrogen-bond acceptors (Lipinski definition) is 3. The molecule has 0 spiro atoms. The number of benzene rings is 3. The predicted octanol–water partition coefficient (Wildman–Crippen LogP) is 5.31. The average molecular weight is 336 g/mol. The van der Waals surface area contributed by atoms with E-state index in [0.717, 1.165) is 11.3 Å². The second kappa shape index (κ2) is 7.57. The molecule has 0 bridgehead atoms. The number of ether oxygens (including phenoxy) is 1. The third-order valence-electron chi connectivity index (χ3n) is 3.25. The molecule has 3 aromatic carbocycles. The van der Waals surface area contributed by atoms with Crippen molar-refractivity contribution in [3.05, 3.63) is 95.0 Å². The van der Waals surface area contributed by atoms with Crippen molar-refractivity contribution in [2.45, 2.75) is 0 Å². The normalized spacial score (nSPS) is 10.7. The Morgan fingerprint density at radius 2 is 1.71 bits per heavy atom. The van der Waals surface area contributed by atoms with Gasteiger partial charge in [0, 0.05) is 11.2 Å². The maximum absolute atomic E-state index is 12.2. The Bertz CT molecular complexity index is 876. The Kier molecular flexibility index (Phi) is 5.04. The van der Waals surface area contributed by atoms with E-state index in [2.05, 4.69) is 4.99 Å². The number of rotatable bonds is 4. The van der Waals surface area contributed by atoms with Crippen LogP contribution in [0.5, 0.6) is 5.75 Å². The Balaban J connectivity index is 1.75. The number of carbonyl (C=O) groups excluding carboxylic acids is 1. The van der Waals surface area contributed by atoms with E-state index in [1.807, 2.05) is 36.4 Å². The smallest absolute Gasteiger partial charge is 0.343 e. The van der Waals surface area contributed by atoms with Crippen LogP contribution in [-0.4, -0.2) is 12.2 Å². The molecule has 0 amide bonds. The summed E-state index contributed by atoms with van der Waals surface area (Å²) in [5.41, 5.74) is 2.02. The van der Waals surface area contributed by atoms with Gasteiger partial charge in [0.1, 0.15) is 5.75 Å². The van der Waals surface area contributed by atoms with Gasteiger partial charge in [-0.2, -0.15) is 0 Å². The molecular formula is C20H14ClNO2. The molecule has 0 atom stereocenters. The van der Waals surface area contributed by atoms with E-state index in [4.69, 9.17) is 16.3 Å². The summed E-state index contributed by atoms with van der Waals surface area (Å²) in [5.74, 6) is 0.111. The number of para-hydroxylation sites is 1. The van der Waals surface area contributed by atoms with Crippen molar-refractivity contribution in [2.75, 3.05) is 0 Å². The Morgan fingerprint density at radius 3 is 2.50 bits per heavy atom. The van der Waals surface area contributed by atoms with E-state index < -0.39 is 5.97 Å². The summed E-state index contributed by atoms with van der Waals surface area (Å²) in [6.45, 7) is 0. The molecule has 118 valence electrons. The second-order valence-electron chi connectivity index (χ2n) is 5.07. The largest absolute Gasteiger partial charge is 0.423 e. The minimum absolute atomic E-state index is 0.404. The van der Waals surface area contributed by atoms with E-state index in [9.17, 15) is 4.79 Å². The van der Waals surface area contributed by atoms with Crippen LogP contribution in [0.25, 0.3) is 0 Å². The summed E-state index contributed by atoms with van der Waals surface area (Å²) in [5, 5.41) is 0.629. The molecule has 3 rings (SSSR count). The minimum atomic E-state index is -0.404. The fraction of sp³-hybridized carbons (Fsp3) is 0. The highest BCUT2D eigenvalue weighted by atomic mass is 35.5. The van der Waals surface area contributed by atoms with E-state index in [1.54, 1.807) is 48.7 Å². The third kappa shape index (κ3) is 4.31. The standard InChI is InChI=1S/C20H14ClNO2/c21-17-8-5-9-18(13-17)22-14-15-6-4-7-16(12-15)20(23)24-19-10-2-1-3-11-19/h1-14H. The molecule has 24 heavy (non-hydrogen) atoms. The molecule has 0 N–H and O–H groups in total. The summed E-state index contributed by atoms with van der Waals surface area (Å²) in [6.07, 6.45) is 1.69. The zero-order valence-corrected chi connectivity index (χ0v) is 13.5. The predicted molar refractivity (Wildman–Crippen MR) is 96.5 cm³/mol. The van der Waals surface area contributed by atoms with Crippen LogP contribution in [0.15, 0.2) is 83.9 Å². The SMILES string of the molecule is O=C(Oc1ccccc1)c1cccc(C=Nc2cccc(Cl)c2)c1. The zero-order chi connectivity index (χ0) is 16.8. The van der Waals surface area contributed by atoms with E-state index >= 15 is 0 Å². The molecule has 0 saturated carbocycles. The van der Waals surface area contributed by atoms with Gasteiger partial charge in [-0.3, -0.25) is 4.99 Å². The number of halogens is 1. The molecule has 0 radical (unpaired) electrons. The molecule has 0 unspecified atom stereocenters. The quantitative estimate of drug-likeness (QED) is 0.368. The minimum Gasteiger partial charge on any atom is -0.423 e. The molecule has 0 saturated heterocycles. The molecule has 0 aliphatic heterocycles. The highest BCUT2D eigenvalue weighted by Gasteiger charge is 2.08. The van der Waals surface area contributed by atoms with Gasteiger partial charge in [0.05, 0.1) is 11.3 Å². The van der Waals surface area contributed by atoms with Crippen molar-refractivity contribution < 1.29 is 9.53 Å². The van der Waals surface area contributed by atoms with Gasteiger partial charge in [-0.25, -0.2) is 4.79 Å². The van der Waals surface area contributed by atoms with Gasteiger partial charge in [0.25, 0.3) is 0 Å². The van der Waals surface area contributed by atoms with Gasteiger partial charge in [-0.1, -0.05) is 48.0 Å². The number of nitrogens with zero attached hydrogens (tertiary/aromatic N) is 1. The van der Waals surface area contributed by atoms with Gasteiger partial charge >= 0.3 is 5.97 Å². The first kappa shape index (κ1) is 16.0. The summed E-state index contributed by atoms with van der Waals surface area (Å²) >= 11 is 5.94. The van der Waals surface area contributed by atoms with Gasteiger partial charge in [-0.15, -0.1) is 0 Å². The number of hydrogen-bond donors (Lipinski definition) is 0. The molecule has 0 fully saturated rings. The average Bonchev–Trinajstić information content (AvgIpc) is 2.61. The number of carbonyl (C=O) groups is 1. The molecule has 3 aromatic rings. The Morgan fingerprint density at radius 1 is 0.917 bits per heavy atom. The fourth-order valence-electron chi connectivity index (χ4n) is 2.11. The van der Waals surface area contributed by atoms with Crippen LogP contribution in [-0.2, 0) is 0 Å². The molecule has 0 heterocycles. The fourth-order valence-corrected chi connectivity index (χ4v) is 2.29. The van der Waals surface area contributed by atoms with Crippen LogP contribution in [0.2, 0.25) is 5.02 Å². The zero-order valence-electron chi connectivity index (χ0n) is 12.7. The van der Waals surface area contributed by atoms with Gasteiger partial charge < -0.3 is 4.74 Å². The summed E-state index contributed by atoms with van der Waals surface area (Å²) in [4.78, 5) is 16.6. The van der Waals surface area contributed by atoms with Crippen molar-refractivity contribution in [3.63, 3.8) is 0 Å². The van der Waals surface area contributed by atoms with Crippen LogP contribution in [0.1, 0.15) is 15.9 Å². The molecule has 0 aliphatic carbocycles. The lowest BCUT2D eigenvalue weighted by molar-refractivity contribution is 0.0735. The van der Waals surface area contributed by atoms with E-state index in [-0.39, 0.29) is 0 Å². The lowest BCUT2D eigenvalue weighted by Gasteiger charge is -2.04. The first-order chi connectivity index (χ1) is 11.7. The molecule has 0 aliphatic rings. The third-order valence-corrected chi connectivity index (χ3v) is 3.48. The number of aliphatic imine (C=N–C) groups is 1.